The van der Waals surface area contributed by atoms with E-state index in [1.807, 2.05) is 18.2 Å². The highest BCUT2D eigenvalue weighted by Crippen LogP contribution is 2.31. The van der Waals surface area contributed by atoms with E-state index in [-0.39, 0.29) is 0 Å². The maximum Gasteiger partial charge on any atom is 0.0931 e. The zero-order valence-corrected chi connectivity index (χ0v) is 13.7. The summed E-state index contributed by atoms with van der Waals surface area (Å²) >= 11 is 17.2. The number of alkyl halides is 1. The van der Waals surface area contributed by atoms with E-state index in [0.717, 1.165) is 32.5 Å². The summed E-state index contributed by atoms with van der Waals surface area (Å²) in [5, 5.41) is 1.54. The molecule has 1 aromatic heterocycles. The lowest BCUT2D eigenvalue weighted by Crippen LogP contribution is -2.17. The van der Waals surface area contributed by atoms with Crippen LogP contribution in [0.25, 0.3) is 0 Å². The molecular formula is C13H12BrCl2NS. The second-order valence-electron chi connectivity index (χ2n) is 3.93. The fourth-order valence-electron chi connectivity index (χ4n) is 1.79. The lowest BCUT2D eigenvalue weighted by atomic mass is 10.2. The number of rotatable bonds is 4. The summed E-state index contributed by atoms with van der Waals surface area (Å²) in [5.41, 5.74) is 2.26. The molecule has 0 radical (unpaired) electrons. The Hall–Kier alpha value is -0.220. The molecule has 2 rings (SSSR count). The molecule has 0 N–H and O–H groups in total. The predicted octanol–water partition coefficient (Wildman–Crippen LogP) is 5.59. The van der Waals surface area contributed by atoms with Crippen LogP contribution in [0.1, 0.15) is 10.4 Å². The molecule has 96 valence electrons. The average Bonchev–Trinajstić information content (AvgIpc) is 2.74. The van der Waals surface area contributed by atoms with E-state index >= 15 is 0 Å². The van der Waals surface area contributed by atoms with Gasteiger partial charge in [0.05, 0.1) is 10.9 Å². The minimum absolute atomic E-state index is 0.748. The highest BCUT2D eigenvalue weighted by molar-refractivity contribution is 9.08. The van der Waals surface area contributed by atoms with E-state index in [2.05, 4.69) is 40.0 Å². The third kappa shape index (κ3) is 3.21. The monoisotopic (exact) mass is 363 g/mol. The summed E-state index contributed by atoms with van der Waals surface area (Å²) in [6.45, 7) is 0.831. The molecular weight excluding hydrogens is 353 g/mol. The van der Waals surface area contributed by atoms with Crippen LogP contribution in [0.5, 0.6) is 0 Å². The highest BCUT2D eigenvalue weighted by atomic mass is 79.9. The van der Waals surface area contributed by atoms with Gasteiger partial charge in [-0.15, -0.1) is 11.3 Å². The normalized spacial score (nSPS) is 10.7. The van der Waals surface area contributed by atoms with Crippen LogP contribution in [0.3, 0.4) is 0 Å². The van der Waals surface area contributed by atoms with Crippen LogP contribution in [0.15, 0.2) is 30.3 Å². The van der Waals surface area contributed by atoms with Gasteiger partial charge in [-0.3, -0.25) is 0 Å². The zero-order chi connectivity index (χ0) is 13.1. The molecule has 5 heteroatoms. The first kappa shape index (κ1) is 14.2. The van der Waals surface area contributed by atoms with Crippen LogP contribution in [0.4, 0.5) is 5.69 Å². The second-order valence-corrected chi connectivity index (χ2v) is 6.70. The van der Waals surface area contributed by atoms with Crippen LogP contribution >= 0.6 is 50.5 Å². The van der Waals surface area contributed by atoms with Gasteiger partial charge in [-0.25, -0.2) is 0 Å². The summed E-state index contributed by atoms with van der Waals surface area (Å²) in [5.74, 6) is 0. The molecule has 0 spiro atoms. The molecule has 1 nitrogen and oxygen atoms in total. The molecule has 0 saturated heterocycles. The molecule has 1 aromatic carbocycles. The number of thiophene rings is 1. The molecule has 2 aromatic rings. The summed E-state index contributed by atoms with van der Waals surface area (Å²) in [4.78, 5) is 3.42. The lowest BCUT2D eigenvalue weighted by molar-refractivity contribution is 0.933. The number of halogens is 3. The van der Waals surface area contributed by atoms with Crippen LogP contribution in [-0.2, 0) is 11.9 Å². The Kier molecular flexibility index (Phi) is 4.96. The maximum atomic E-state index is 6.21. The van der Waals surface area contributed by atoms with Gasteiger partial charge in [0, 0.05) is 33.5 Å². The summed E-state index contributed by atoms with van der Waals surface area (Å²) in [7, 11) is 2.06. The largest absolute Gasteiger partial charge is 0.369 e. The minimum atomic E-state index is 0.748. The van der Waals surface area contributed by atoms with Crippen molar-refractivity contribution in [2.45, 2.75) is 11.9 Å². The van der Waals surface area contributed by atoms with Crippen molar-refractivity contribution in [3.8, 4) is 0 Å². The Morgan fingerprint density at radius 1 is 1.22 bits per heavy atom. The number of benzene rings is 1. The van der Waals surface area contributed by atoms with Crippen molar-refractivity contribution in [2.75, 3.05) is 11.9 Å². The standard InChI is InChI=1S/C13H12BrCl2NS/c1-17(8-9-5-6-13(16)18-9)12-4-2-3-11(15)10(12)7-14/h2-6H,7-8H2,1H3. The van der Waals surface area contributed by atoms with Crippen molar-refractivity contribution < 1.29 is 0 Å². The highest BCUT2D eigenvalue weighted by Gasteiger charge is 2.11. The molecule has 0 amide bonds. The van der Waals surface area contributed by atoms with Crippen LogP contribution in [-0.4, -0.2) is 7.05 Å². The molecule has 0 fully saturated rings. The zero-order valence-electron chi connectivity index (χ0n) is 9.79. The van der Waals surface area contributed by atoms with Crippen molar-refractivity contribution in [1.29, 1.82) is 0 Å². The van der Waals surface area contributed by atoms with Crippen molar-refractivity contribution in [2.24, 2.45) is 0 Å². The SMILES string of the molecule is CN(Cc1ccc(Cl)s1)c1cccc(Cl)c1CBr. The van der Waals surface area contributed by atoms with Crippen molar-refractivity contribution >= 4 is 56.2 Å². The molecule has 0 bridgehead atoms. The Bertz CT molecular complexity index is 542. The number of hydrogen-bond acceptors (Lipinski definition) is 2. The van der Waals surface area contributed by atoms with Gasteiger partial charge in [-0.2, -0.15) is 0 Å². The smallest absolute Gasteiger partial charge is 0.0931 e. The molecule has 0 aliphatic heterocycles. The van der Waals surface area contributed by atoms with Crippen LogP contribution in [0.2, 0.25) is 9.36 Å². The first-order valence-electron chi connectivity index (χ1n) is 5.40. The topological polar surface area (TPSA) is 3.24 Å². The first-order chi connectivity index (χ1) is 8.61. The molecule has 0 saturated carbocycles. The number of nitrogens with zero attached hydrogens (tertiary/aromatic N) is 1. The van der Waals surface area contributed by atoms with E-state index < -0.39 is 0 Å². The van der Waals surface area contributed by atoms with Gasteiger partial charge in [-0.05, 0) is 24.3 Å². The fraction of sp³-hybridized carbons (Fsp3) is 0.231. The molecule has 1 heterocycles. The quantitative estimate of drug-likeness (QED) is 0.639. The van der Waals surface area contributed by atoms with Crippen molar-refractivity contribution in [3.05, 3.63) is 50.1 Å². The van der Waals surface area contributed by atoms with E-state index in [1.165, 1.54) is 4.88 Å². The summed E-state index contributed by atoms with van der Waals surface area (Å²) < 4.78 is 0.824. The summed E-state index contributed by atoms with van der Waals surface area (Å²) in [6, 6.07) is 9.96. The minimum Gasteiger partial charge on any atom is -0.369 e. The van der Waals surface area contributed by atoms with Gasteiger partial charge in [0.1, 0.15) is 0 Å². The van der Waals surface area contributed by atoms with Crippen molar-refractivity contribution in [1.82, 2.24) is 0 Å². The molecule has 0 aliphatic carbocycles. The summed E-state index contributed by atoms with van der Waals surface area (Å²) in [6.07, 6.45) is 0. The lowest BCUT2D eigenvalue weighted by Gasteiger charge is -2.22. The molecule has 0 aliphatic rings. The maximum absolute atomic E-state index is 6.21. The van der Waals surface area contributed by atoms with E-state index in [9.17, 15) is 0 Å². The van der Waals surface area contributed by atoms with Crippen LogP contribution < -0.4 is 4.90 Å². The van der Waals surface area contributed by atoms with Crippen LogP contribution in [0, 0.1) is 0 Å². The number of hydrogen-bond donors (Lipinski definition) is 0. The molecule has 0 atom stereocenters. The average molecular weight is 365 g/mol. The van der Waals surface area contributed by atoms with Gasteiger partial charge >= 0.3 is 0 Å². The van der Waals surface area contributed by atoms with Gasteiger partial charge in [0.15, 0.2) is 0 Å². The fourth-order valence-corrected chi connectivity index (χ4v) is 3.92. The predicted molar refractivity (Wildman–Crippen MR) is 85.5 cm³/mol. The van der Waals surface area contributed by atoms with Gasteiger partial charge < -0.3 is 4.90 Å². The van der Waals surface area contributed by atoms with E-state index in [4.69, 9.17) is 23.2 Å². The van der Waals surface area contributed by atoms with Crippen molar-refractivity contribution in [3.63, 3.8) is 0 Å². The Morgan fingerprint density at radius 2 is 2.00 bits per heavy atom. The van der Waals surface area contributed by atoms with Gasteiger partial charge in [0.25, 0.3) is 0 Å². The first-order valence-corrected chi connectivity index (χ1v) is 8.10. The van der Waals surface area contributed by atoms with E-state index in [1.54, 1.807) is 11.3 Å². The second kappa shape index (κ2) is 6.29. The Morgan fingerprint density at radius 3 is 2.61 bits per heavy atom. The number of anilines is 1. The molecule has 0 unspecified atom stereocenters. The van der Waals surface area contributed by atoms with Gasteiger partial charge in [0.2, 0.25) is 0 Å². The third-order valence-electron chi connectivity index (χ3n) is 2.66. The Balaban J connectivity index is 2.23. The third-order valence-corrected chi connectivity index (χ3v) is 4.79. The Labute approximate surface area is 129 Å². The van der Waals surface area contributed by atoms with Gasteiger partial charge in [-0.1, -0.05) is 45.2 Å². The molecule has 18 heavy (non-hydrogen) atoms. The van der Waals surface area contributed by atoms with E-state index in [0.29, 0.717) is 0 Å².